The molecular weight excluding hydrogens is 288 g/mol. The molecule has 1 saturated carbocycles. The van der Waals surface area contributed by atoms with Crippen molar-refractivity contribution in [2.75, 3.05) is 14.2 Å². The minimum Gasteiger partial charge on any atom is -0.493 e. The van der Waals surface area contributed by atoms with Crippen LogP contribution < -0.4 is 9.47 Å². The van der Waals surface area contributed by atoms with E-state index in [1.165, 1.54) is 19.3 Å². The van der Waals surface area contributed by atoms with Gasteiger partial charge in [0.2, 0.25) is 0 Å². The van der Waals surface area contributed by atoms with Crippen molar-refractivity contribution < 1.29 is 9.47 Å². The zero-order chi connectivity index (χ0) is 15.0. The summed E-state index contributed by atoms with van der Waals surface area (Å²) >= 11 is 6.10. The number of halogens is 1. The van der Waals surface area contributed by atoms with Crippen LogP contribution in [0.25, 0.3) is 11.0 Å². The fourth-order valence-corrected chi connectivity index (χ4v) is 3.12. The van der Waals surface area contributed by atoms with E-state index in [1.807, 2.05) is 12.1 Å². The fourth-order valence-electron chi connectivity index (χ4n) is 2.92. The third kappa shape index (κ3) is 2.46. The highest BCUT2D eigenvalue weighted by molar-refractivity contribution is 6.16. The minimum absolute atomic E-state index is 0.416. The van der Waals surface area contributed by atoms with Crippen LogP contribution in [0.5, 0.6) is 11.5 Å². The molecule has 0 saturated heterocycles. The number of benzene rings is 1. The molecule has 2 aromatic rings. The SMILES string of the molecule is CCC1(Cn2c(CCl)nc3cc(OC)c(OC)cc32)CC1. The first-order chi connectivity index (χ1) is 10.2. The Balaban J connectivity index is 2.12. The van der Waals surface area contributed by atoms with E-state index < -0.39 is 0 Å². The quantitative estimate of drug-likeness (QED) is 0.757. The predicted molar refractivity (Wildman–Crippen MR) is 84.4 cm³/mol. The Labute approximate surface area is 130 Å². The molecule has 0 aliphatic heterocycles. The summed E-state index contributed by atoms with van der Waals surface area (Å²) in [6, 6.07) is 3.93. The molecule has 5 heteroatoms. The van der Waals surface area contributed by atoms with Crippen LogP contribution in [0.2, 0.25) is 0 Å². The zero-order valence-electron chi connectivity index (χ0n) is 12.8. The van der Waals surface area contributed by atoms with Crippen LogP contribution in [0.3, 0.4) is 0 Å². The Hall–Kier alpha value is -1.42. The van der Waals surface area contributed by atoms with Gasteiger partial charge in [0.05, 0.1) is 31.1 Å². The molecule has 0 amide bonds. The van der Waals surface area contributed by atoms with E-state index >= 15 is 0 Å². The molecule has 114 valence electrons. The van der Waals surface area contributed by atoms with Crippen molar-refractivity contribution in [3.8, 4) is 11.5 Å². The molecule has 1 heterocycles. The molecule has 1 aromatic carbocycles. The van der Waals surface area contributed by atoms with Gasteiger partial charge in [-0.2, -0.15) is 0 Å². The Bertz CT molecular complexity index is 662. The second-order valence-electron chi connectivity index (χ2n) is 5.80. The summed E-state index contributed by atoms with van der Waals surface area (Å²) in [5.74, 6) is 2.77. The van der Waals surface area contributed by atoms with Crippen LogP contribution in [0.4, 0.5) is 0 Å². The molecular formula is C16H21ClN2O2. The predicted octanol–water partition coefficient (Wildman–Crippen LogP) is 3.98. The molecule has 4 nitrogen and oxygen atoms in total. The van der Waals surface area contributed by atoms with Gasteiger partial charge < -0.3 is 14.0 Å². The molecule has 1 aliphatic rings. The first-order valence-corrected chi connectivity index (χ1v) is 7.87. The van der Waals surface area contributed by atoms with Gasteiger partial charge in [0.25, 0.3) is 0 Å². The molecule has 0 radical (unpaired) electrons. The molecule has 0 bridgehead atoms. The normalized spacial score (nSPS) is 16.2. The van der Waals surface area contributed by atoms with Gasteiger partial charge in [0.1, 0.15) is 5.82 Å². The maximum atomic E-state index is 6.10. The van der Waals surface area contributed by atoms with Crippen molar-refractivity contribution >= 4 is 22.6 Å². The van der Waals surface area contributed by atoms with Gasteiger partial charge in [-0.25, -0.2) is 4.98 Å². The lowest BCUT2D eigenvalue weighted by atomic mass is 10.0. The van der Waals surface area contributed by atoms with Gasteiger partial charge in [0.15, 0.2) is 11.5 Å². The summed E-state index contributed by atoms with van der Waals surface area (Å²) < 4.78 is 13.0. The molecule has 0 atom stereocenters. The second kappa shape index (κ2) is 5.41. The van der Waals surface area contributed by atoms with Crippen molar-refractivity contribution in [1.82, 2.24) is 9.55 Å². The summed E-state index contributed by atoms with van der Waals surface area (Å²) in [4.78, 5) is 4.66. The average molecular weight is 309 g/mol. The molecule has 1 aromatic heterocycles. The fraction of sp³-hybridized carbons (Fsp3) is 0.562. The Morgan fingerprint density at radius 2 is 1.90 bits per heavy atom. The number of nitrogens with zero attached hydrogens (tertiary/aromatic N) is 2. The summed E-state index contributed by atoms with van der Waals surface area (Å²) in [5, 5.41) is 0. The molecule has 0 spiro atoms. The van der Waals surface area contributed by atoms with E-state index in [-0.39, 0.29) is 0 Å². The molecule has 0 N–H and O–H groups in total. The molecule has 0 unspecified atom stereocenters. The standard InChI is InChI=1S/C16H21ClN2O2/c1-4-16(5-6-16)10-19-12-8-14(21-3)13(20-2)7-11(12)18-15(19)9-17/h7-8H,4-6,9-10H2,1-3H3. The van der Waals surface area contributed by atoms with E-state index in [1.54, 1.807) is 14.2 Å². The van der Waals surface area contributed by atoms with Gasteiger partial charge >= 0.3 is 0 Å². The van der Waals surface area contributed by atoms with Gasteiger partial charge in [-0.3, -0.25) is 0 Å². The highest BCUT2D eigenvalue weighted by Gasteiger charge is 2.41. The Kier molecular flexibility index (Phi) is 3.74. The Morgan fingerprint density at radius 3 is 2.43 bits per heavy atom. The number of alkyl halides is 1. The third-order valence-electron chi connectivity index (χ3n) is 4.65. The van der Waals surface area contributed by atoms with Crippen molar-refractivity contribution in [1.29, 1.82) is 0 Å². The number of hydrogen-bond acceptors (Lipinski definition) is 3. The number of fused-ring (bicyclic) bond motifs is 1. The van der Waals surface area contributed by atoms with E-state index in [0.29, 0.717) is 17.0 Å². The van der Waals surface area contributed by atoms with Crippen molar-refractivity contribution in [2.24, 2.45) is 5.41 Å². The number of rotatable bonds is 6. The van der Waals surface area contributed by atoms with Crippen LogP contribution >= 0.6 is 11.6 Å². The number of ether oxygens (including phenoxy) is 2. The summed E-state index contributed by atoms with van der Waals surface area (Å²) in [5.41, 5.74) is 2.42. The van der Waals surface area contributed by atoms with Gasteiger partial charge in [-0.05, 0) is 24.7 Å². The van der Waals surface area contributed by atoms with Crippen molar-refractivity contribution in [3.05, 3.63) is 18.0 Å². The van der Waals surface area contributed by atoms with E-state index in [0.717, 1.165) is 29.2 Å². The highest BCUT2D eigenvalue weighted by atomic mass is 35.5. The van der Waals surface area contributed by atoms with Crippen LogP contribution in [-0.4, -0.2) is 23.8 Å². The van der Waals surface area contributed by atoms with E-state index in [4.69, 9.17) is 21.1 Å². The van der Waals surface area contributed by atoms with Crippen LogP contribution in [0, 0.1) is 5.41 Å². The molecule has 1 aliphatic carbocycles. The number of aromatic nitrogens is 2. The summed E-state index contributed by atoms with van der Waals surface area (Å²) in [6.45, 7) is 3.24. The molecule has 21 heavy (non-hydrogen) atoms. The number of methoxy groups -OCH3 is 2. The lowest BCUT2D eigenvalue weighted by Gasteiger charge is -2.16. The molecule has 1 fully saturated rings. The summed E-state index contributed by atoms with van der Waals surface area (Å²) in [6.07, 6.45) is 3.78. The van der Waals surface area contributed by atoms with Gasteiger partial charge in [0, 0.05) is 18.7 Å². The minimum atomic E-state index is 0.416. The zero-order valence-corrected chi connectivity index (χ0v) is 13.5. The topological polar surface area (TPSA) is 36.3 Å². The lowest BCUT2D eigenvalue weighted by Crippen LogP contribution is -2.13. The largest absolute Gasteiger partial charge is 0.493 e. The number of hydrogen-bond donors (Lipinski definition) is 0. The smallest absolute Gasteiger partial charge is 0.163 e. The van der Waals surface area contributed by atoms with Crippen molar-refractivity contribution in [2.45, 2.75) is 38.6 Å². The van der Waals surface area contributed by atoms with Crippen molar-refractivity contribution in [3.63, 3.8) is 0 Å². The Morgan fingerprint density at radius 1 is 1.24 bits per heavy atom. The van der Waals surface area contributed by atoms with E-state index in [2.05, 4.69) is 16.5 Å². The second-order valence-corrected chi connectivity index (χ2v) is 6.06. The lowest BCUT2D eigenvalue weighted by molar-refractivity contribution is 0.355. The van der Waals surface area contributed by atoms with E-state index in [9.17, 15) is 0 Å². The summed E-state index contributed by atoms with van der Waals surface area (Å²) in [7, 11) is 3.29. The highest BCUT2D eigenvalue weighted by Crippen LogP contribution is 2.50. The van der Waals surface area contributed by atoms with Crippen LogP contribution in [-0.2, 0) is 12.4 Å². The maximum Gasteiger partial charge on any atom is 0.163 e. The van der Waals surface area contributed by atoms with Crippen LogP contribution in [0.15, 0.2) is 12.1 Å². The average Bonchev–Trinajstić information content (AvgIpc) is 3.22. The number of imidazole rings is 1. The van der Waals surface area contributed by atoms with Crippen LogP contribution in [0.1, 0.15) is 32.0 Å². The van der Waals surface area contributed by atoms with Gasteiger partial charge in [-0.15, -0.1) is 11.6 Å². The van der Waals surface area contributed by atoms with Gasteiger partial charge in [-0.1, -0.05) is 6.92 Å². The molecule has 3 rings (SSSR count). The monoisotopic (exact) mass is 308 g/mol. The third-order valence-corrected chi connectivity index (χ3v) is 4.89. The first kappa shape index (κ1) is 14.5. The maximum absolute atomic E-state index is 6.10. The first-order valence-electron chi connectivity index (χ1n) is 7.33.